The van der Waals surface area contributed by atoms with Crippen molar-refractivity contribution in [3.63, 3.8) is 0 Å². The second-order valence-electron chi connectivity index (χ2n) is 6.36. The summed E-state index contributed by atoms with van der Waals surface area (Å²) in [7, 11) is 0. The van der Waals surface area contributed by atoms with Gasteiger partial charge in [-0.05, 0) is 30.3 Å². The molecule has 0 saturated heterocycles. The number of non-ortho nitro benzene ring substituents is 1. The quantitative estimate of drug-likeness (QED) is 0.319. The van der Waals surface area contributed by atoms with Crippen molar-refractivity contribution in [2.45, 2.75) is 9.79 Å². The highest BCUT2D eigenvalue weighted by molar-refractivity contribution is 7.99. The highest BCUT2D eigenvalue weighted by atomic mass is 32.2. The van der Waals surface area contributed by atoms with Gasteiger partial charge >= 0.3 is 0 Å². The van der Waals surface area contributed by atoms with Crippen molar-refractivity contribution in [3.8, 4) is 11.3 Å². The Kier molecular flexibility index (Phi) is 5.72. The van der Waals surface area contributed by atoms with E-state index in [1.165, 1.54) is 30.0 Å². The number of anilines is 3. The van der Waals surface area contributed by atoms with Crippen LogP contribution in [0.1, 0.15) is 0 Å². The van der Waals surface area contributed by atoms with Crippen LogP contribution in [0.25, 0.3) is 11.3 Å². The van der Waals surface area contributed by atoms with Gasteiger partial charge in [0.05, 0.1) is 10.6 Å². The molecule has 31 heavy (non-hydrogen) atoms. The van der Waals surface area contributed by atoms with E-state index in [2.05, 4.69) is 20.3 Å². The van der Waals surface area contributed by atoms with Crippen LogP contribution < -0.4 is 11.1 Å². The van der Waals surface area contributed by atoms with Crippen LogP contribution in [0.3, 0.4) is 0 Å². The van der Waals surface area contributed by atoms with Crippen LogP contribution in [-0.4, -0.2) is 19.9 Å². The molecule has 0 bridgehead atoms. The zero-order chi connectivity index (χ0) is 21.8. The fourth-order valence-electron chi connectivity index (χ4n) is 2.80. The number of nitro benzene ring substituents is 1. The molecule has 4 rings (SSSR count). The molecule has 2 aromatic carbocycles. The van der Waals surface area contributed by atoms with Crippen LogP contribution in [-0.2, 0) is 0 Å². The molecule has 0 saturated carbocycles. The predicted octanol–water partition coefficient (Wildman–Crippen LogP) is 5.06. The van der Waals surface area contributed by atoms with Crippen LogP contribution in [0.15, 0.2) is 82.8 Å². The van der Waals surface area contributed by atoms with Crippen LogP contribution in [0.4, 0.5) is 27.5 Å². The molecule has 4 aromatic rings. The number of rotatable bonds is 6. The molecule has 0 unspecified atom stereocenters. The Morgan fingerprint density at radius 3 is 2.58 bits per heavy atom. The fraction of sp³-hybridized carbons (Fsp3) is 0. The molecule has 0 atom stereocenters. The molecule has 0 spiro atoms. The van der Waals surface area contributed by atoms with E-state index in [0.29, 0.717) is 27.7 Å². The van der Waals surface area contributed by atoms with E-state index in [9.17, 15) is 14.5 Å². The van der Waals surface area contributed by atoms with Gasteiger partial charge in [-0.15, -0.1) is 0 Å². The maximum Gasteiger partial charge on any atom is 0.270 e. The topological polar surface area (TPSA) is 120 Å². The summed E-state index contributed by atoms with van der Waals surface area (Å²) >= 11 is 1.29. The molecule has 0 aliphatic rings. The lowest BCUT2D eigenvalue weighted by atomic mass is 10.1. The summed E-state index contributed by atoms with van der Waals surface area (Å²) < 4.78 is 14.6. The number of aromatic nitrogens is 3. The summed E-state index contributed by atoms with van der Waals surface area (Å²) in [4.78, 5) is 24.1. The highest BCUT2D eigenvalue weighted by Crippen LogP contribution is 2.32. The van der Waals surface area contributed by atoms with Crippen molar-refractivity contribution in [1.82, 2.24) is 15.0 Å². The van der Waals surface area contributed by atoms with Crippen LogP contribution in [0.2, 0.25) is 0 Å². The number of pyridine rings is 1. The third-order valence-corrected chi connectivity index (χ3v) is 5.24. The summed E-state index contributed by atoms with van der Waals surface area (Å²) in [6.07, 6.45) is 3.29. The number of hydrogen-bond donors (Lipinski definition) is 2. The molecular weight excluding hydrogens is 419 g/mol. The number of nitrogens with zero attached hydrogens (tertiary/aromatic N) is 4. The van der Waals surface area contributed by atoms with Gasteiger partial charge in [-0.1, -0.05) is 23.9 Å². The highest BCUT2D eigenvalue weighted by Gasteiger charge is 2.11. The second-order valence-corrected chi connectivity index (χ2v) is 7.47. The maximum absolute atomic E-state index is 14.6. The van der Waals surface area contributed by atoms with Gasteiger partial charge in [0.15, 0.2) is 0 Å². The summed E-state index contributed by atoms with van der Waals surface area (Å²) in [5.74, 6) is -0.0764. The Balaban J connectivity index is 1.58. The first-order chi connectivity index (χ1) is 15.0. The number of benzene rings is 2. The zero-order valence-corrected chi connectivity index (χ0v) is 16.7. The molecule has 2 heterocycles. The lowest BCUT2D eigenvalue weighted by Gasteiger charge is -2.10. The Labute approximate surface area is 180 Å². The van der Waals surface area contributed by atoms with Crippen LogP contribution >= 0.6 is 11.8 Å². The average Bonchev–Trinajstić information content (AvgIpc) is 2.76. The molecular formula is C21H15FN6O2S. The molecule has 0 fully saturated rings. The summed E-state index contributed by atoms with van der Waals surface area (Å²) in [6.45, 7) is 0. The monoisotopic (exact) mass is 434 g/mol. The van der Waals surface area contributed by atoms with Crippen LogP contribution in [0, 0.1) is 15.9 Å². The first kappa shape index (κ1) is 20.2. The third kappa shape index (κ3) is 4.93. The first-order valence-corrected chi connectivity index (χ1v) is 9.83. The standard InChI is InChI=1S/C21H15FN6O2S/c22-17-11-14(4-5-19(17)31-16-6-8-24-9-7-16)25-20-12-18(26-21(23)27-20)13-2-1-3-15(10-13)28(29)30/h1-12H,(H3,23,25,26,27). The summed E-state index contributed by atoms with van der Waals surface area (Å²) in [6, 6.07) is 16.0. The van der Waals surface area contributed by atoms with Crippen molar-refractivity contribution in [1.29, 1.82) is 0 Å². The molecule has 154 valence electrons. The van der Waals surface area contributed by atoms with Crippen molar-refractivity contribution in [3.05, 3.63) is 89.0 Å². The van der Waals surface area contributed by atoms with E-state index in [0.717, 1.165) is 4.90 Å². The number of nitrogens with one attached hydrogen (secondary N) is 1. The Morgan fingerprint density at radius 2 is 1.84 bits per heavy atom. The molecule has 8 nitrogen and oxygen atoms in total. The van der Waals surface area contributed by atoms with Crippen molar-refractivity contribution in [2.24, 2.45) is 0 Å². The molecule has 0 aliphatic carbocycles. The lowest BCUT2D eigenvalue weighted by molar-refractivity contribution is -0.384. The van der Waals surface area contributed by atoms with E-state index in [-0.39, 0.29) is 11.6 Å². The van der Waals surface area contributed by atoms with Gasteiger partial charge in [-0.3, -0.25) is 15.1 Å². The smallest absolute Gasteiger partial charge is 0.270 e. The maximum atomic E-state index is 14.6. The van der Waals surface area contributed by atoms with Gasteiger partial charge in [-0.25, -0.2) is 9.37 Å². The number of nitrogen functional groups attached to an aromatic ring is 1. The SMILES string of the molecule is Nc1nc(Nc2ccc(Sc3ccncc3)c(F)c2)cc(-c2cccc([N+](=O)[O-])c2)n1. The van der Waals surface area contributed by atoms with E-state index in [4.69, 9.17) is 5.73 Å². The third-order valence-electron chi connectivity index (χ3n) is 4.18. The minimum Gasteiger partial charge on any atom is -0.368 e. The molecule has 0 amide bonds. The molecule has 2 aromatic heterocycles. The molecule has 3 N–H and O–H groups in total. The zero-order valence-electron chi connectivity index (χ0n) is 15.9. The number of nitrogens with two attached hydrogens (primary N) is 1. The van der Waals surface area contributed by atoms with Crippen molar-refractivity contribution >= 4 is 34.9 Å². The second kappa shape index (κ2) is 8.76. The Hall–Kier alpha value is -4.05. The van der Waals surface area contributed by atoms with Crippen molar-refractivity contribution in [2.75, 3.05) is 11.1 Å². The lowest BCUT2D eigenvalue weighted by Crippen LogP contribution is -2.02. The Morgan fingerprint density at radius 1 is 1.03 bits per heavy atom. The Bertz CT molecular complexity index is 1260. The van der Waals surface area contributed by atoms with Crippen molar-refractivity contribution < 1.29 is 9.31 Å². The van der Waals surface area contributed by atoms with Gasteiger partial charge in [0.25, 0.3) is 5.69 Å². The summed E-state index contributed by atoms with van der Waals surface area (Å²) in [5, 5.41) is 14.0. The molecule has 10 heteroatoms. The normalized spacial score (nSPS) is 10.6. The predicted molar refractivity (Wildman–Crippen MR) is 117 cm³/mol. The number of halogens is 1. The first-order valence-electron chi connectivity index (χ1n) is 9.02. The van der Waals surface area contributed by atoms with E-state index >= 15 is 0 Å². The van der Waals surface area contributed by atoms with Gasteiger partial charge in [0, 0.05) is 51.6 Å². The van der Waals surface area contributed by atoms with E-state index in [1.54, 1.807) is 54.9 Å². The number of hydrogen-bond acceptors (Lipinski definition) is 8. The largest absolute Gasteiger partial charge is 0.368 e. The minimum absolute atomic E-state index is 0.0168. The van der Waals surface area contributed by atoms with E-state index in [1.807, 2.05) is 0 Å². The fourth-order valence-corrected chi connectivity index (χ4v) is 3.60. The van der Waals surface area contributed by atoms with E-state index < -0.39 is 10.7 Å². The minimum atomic E-state index is -0.485. The summed E-state index contributed by atoms with van der Waals surface area (Å²) in [5.41, 5.74) is 7.14. The van der Waals surface area contributed by atoms with Gasteiger partial charge in [0.1, 0.15) is 11.6 Å². The molecule has 0 radical (unpaired) electrons. The average molecular weight is 434 g/mol. The van der Waals surface area contributed by atoms with Gasteiger partial charge < -0.3 is 11.1 Å². The number of nitro groups is 1. The molecule has 0 aliphatic heterocycles. The van der Waals surface area contributed by atoms with Gasteiger partial charge in [-0.2, -0.15) is 4.98 Å². The van der Waals surface area contributed by atoms with Gasteiger partial charge in [0.2, 0.25) is 5.95 Å². The van der Waals surface area contributed by atoms with Crippen LogP contribution in [0.5, 0.6) is 0 Å².